The molecule has 1 saturated carbocycles. The van der Waals surface area contributed by atoms with Crippen LogP contribution in [0.25, 0.3) is 16.9 Å². The molecule has 11 heteroatoms. The van der Waals surface area contributed by atoms with E-state index in [1.54, 1.807) is 32.4 Å². The number of carbonyl (C=O) groups excluding carboxylic acids is 3. The number of aliphatic hydroxyl groups is 4. The molecule has 38 heavy (non-hydrogen) atoms. The molecule has 4 atom stereocenters. The number of hydrogen-bond acceptors (Lipinski definition) is 10. The quantitative estimate of drug-likeness (QED) is 0.309. The summed E-state index contributed by atoms with van der Waals surface area (Å²) in [4.78, 5) is 44.7. The molecule has 0 bridgehead atoms. The summed E-state index contributed by atoms with van der Waals surface area (Å²) in [5, 5.41) is 54.1. The molecule has 7 N–H and O–H groups in total. The number of primary amides is 1. The van der Waals surface area contributed by atoms with Crippen molar-refractivity contribution in [3.63, 3.8) is 0 Å². The van der Waals surface area contributed by atoms with Crippen LogP contribution in [0, 0.1) is 11.8 Å². The van der Waals surface area contributed by atoms with Gasteiger partial charge in [-0.2, -0.15) is 0 Å². The second-order valence-electron chi connectivity index (χ2n) is 10.2. The van der Waals surface area contributed by atoms with E-state index in [9.17, 15) is 39.9 Å². The van der Waals surface area contributed by atoms with Crippen LogP contribution in [-0.4, -0.2) is 78.6 Å². The first-order chi connectivity index (χ1) is 17.9. The highest BCUT2D eigenvalue weighted by Gasteiger charge is 2.64. The lowest BCUT2D eigenvalue weighted by molar-refractivity contribution is -0.153. The van der Waals surface area contributed by atoms with E-state index in [4.69, 9.17) is 5.73 Å². The molecule has 1 aromatic carbocycles. The van der Waals surface area contributed by atoms with Gasteiger partial charge in [0.25, 0.3) is 5.91 Å². The Bertz CT molecular complexity index is 1480. The fourth-order valence-electron chi connectivity index (χ4n) is 6.24. The van der Waals surface area contributed by atoms with Crippen LogP contribution in [0.1, 0.15) is 23.1 Å². The van der Waals surface area contributed by atoms with E-state index < -0.39 is 58.0 Å². The van der Waals surface area contributed by atoms with Crippen LogP contribution in [0.4, 0.5) is 0 Å². The number of benzene rings is 1. The summed E-state index contributed by atoms with van der Waals surface area (Å²) in [5.41, 5.74) is 3.89. The fourth-order valence-corrected chi connectivity index (χ4v) is 6.24. The van der Waals surface area contributed by atoms with Crippen molar-refractivity contribution in [3.05, 3.63) is 64.2 Å². The van der Waals surface area contributed by atoms with E-state index in [-0.39, 0.29) is 36.3 Å². The second-order valence-corrected chi connectivity index (χ2v) is 10.2. The van der Waals surface area contributed by atoms with E-state index >= 15 is 0 Å². The van der Waals surface area contributed by atoms with Gasteiger partial charge in [-0.1, -0.05) is 6.07 Å². The van der Waals surface area contributed by atoms with Gasteiger partial charge in [0.2, 0.25) is 5.78 Å². The third kappa shape index (κ3) is 3.39. The van der Waals surface area contributed by atoms with Crippen LogP contribution in [0.3, 0.4) is 0 Å². The third-order valence-electron chi connectivity index (χ3n) is 7.89. The Labute approximate surface area is 217 Å². The number of likely N-dealkylation sites (N-methyl/N-ethyl adjacent to an activating group) is 1. The summed E-state index contributed by atoms with van der Waals surface area (Å²) in [6.45, 7) is -0.238. The molecule has 5 rings (SSSR count). The number of hydrogen-bond donors (Lipinski definition) is 6. The number of phenols is 1. The smallest absolute Gasteiger partial charge is 0.255 e. The number of nitrogens with two attached hydrogens (primary N) is 1. The van der Waals surface area contributed by atoms with Crippen molar-refractivity contribution >= 4 is 23.2 Å². The second kappa shape index (κ2) is 8.76. The first-order valence-electron chi connectivity index (χ1n) is 12.0. The summed E-state index contributed by atoms with van der Waals surface area (Å²) >= 11 is 0. The van der Waals surface area contributed by atoms with E-state index in [1.165, 1.54) is 17.2 Å². The molecule has 2 aromatic rings. The number of amides is 1. The highest BCUT2D eigenvalue weighted by atomic mass is 16.3. The first-order valence-corrected chi connectivity index (χ1v) is 12.0. The predicted molar refractivity (Wildman–Crippen MR) is 133 cm³/mol. The van der Waals surface area contributed by atoms with Gasteiger partial charge in [-0.15, -0.1) is 0 Å². The van der Waals surface area contributed by atoms with Gasteiger partial charge in [0, 0.05) is 29.4 Å². The molecule has 11 nitrogen and oxygen atoms in total. The normalized spacial score (nSPS) is 26.8. The molecule has 1 heterocycles. The van der Waals surface area contributed by atoms with Gasteiger partial charge in [0.15, 0.2) is 11.4 Å². The summed E-state index contributed by atoms with van der Waals surface area (Å²) in [6, 6.07) is 3.57. The zero-order valence-electron chi connectivity index (χ0n) is 20.7. The minimum atomic E-state index is -2.68. The fraction of sp³-hybridized carbons (Fsp3) is 0.333. The number of aromatic hydroxyl groups is 1. The molecule has 3 aliphatic carbocycles. The number of aliphatic hydroxyl groups excluding tert-OH is 3. The highest BCUT2D eigenvalue weighted by molar-refractivity contribution is 6.24. The molecule has 198 valence electrons. The van der Waals surface area contributed by atoms with Crippen molar-refractivity contribution in [2.45, 2.75) is 31.1 Å². The number of Topliss-reactive ketones (excluding diaryl/α,β-unsaturated/α-hetero) is 2. The molecular weight excluding hydrogens is 494 g/mol. The van der Waals surface area contributed by atoms with E-state index in [2.05, 4.69) is 4.98 Å². The minimum absolute atomic E-state index is 0.00418. The zero-order chi connectivity index (χ0) is 27.7. The highest BCUT2D eigenvalue weighted by Crippen LogP contribution is 2.53. The van der Waals surface area contributed by atoms with E-state index in [0.29, 0.717) is 22.3 Å². The maximum Gasteiger partial charge on any atom is 0.255 e. The number of rotatable bonds is 4. The van der Waals surface area contributed by atoms with E-state index in [0.717, 1.165) is 0 Å². The molecule has 1 aromatic heterocycles. The molecule has 1 amide bonds. The lowest BCUT2D eigenvalue weighted by Crippen LogP contribution is -2.65. The van der Waals surface area contributed by atoms with Gasteiger partial charge in [0.05, 0.1) is 18.2 Å². The van der Waals surface area contributed by atoms with Crippen molar-refractivity contribution in [2.24, 2.45) is 17.6 Å². The number of nitrogens with zero attached hydrogens (tertiary/aromatic N) is 2. The molecule has 0 radical (unpaired) electrons. The Morgan fingerprint density at radius 1 is 1.18 bits per heavy atom. The largest absolute Gasteiger partial charge is 0.508 e. The third-order valence-corrected chi connectivity index (χ3v) is 7.89. The number of fused-ring (bicyclic) bond motifs is 3. The molecule has 3 aliphatic rings. The number of ketones is 2. The molecule has 0 aliphatic heterocycles. The summed E-state index contributed by atoms with van der Waals surface area (Å²) in [7, 11) is 3.09. The van der Waals surface area contributed by atoms with Crippen molar-refractivity contribution in [1.82, 2.24) is 9.88 Å². The van der Waals surface area contributed by atoms with Crippen LogP contribution < -0.4 is 5.73 Å². The van der Waals surface area contributed by atoms with Crippen molar-refractivity contribution in [2.75, 3.05) is 14.1 Å². The van der Waals surface area contributed by atoms with Crippen LogP contribution in [0.5, 0.6) is 5.75 Å². The summed E-state index contributed by atoms with van der Waals surface area (Å²) < 4.78 is 0. The van der Waals surface area contributed by atoms with Crippen LogP contribution in [0.2, 0.25) is 0 Å². The van der Waals surface area contributed by atoms with Gasteiger partial charge >= 0.3 is 0 Å². The maximum absolute atomic E-state index is 13.9. The Morgan fingerprint density at radius 3 is 2.53 bits per heavy atom. The van der Waals surface area contributed by atoms with Gasteiger partial charge in [-0.25, -0.2) is 0 Å². The Morgan fingerprint density at radius 2 is 1.89 bits per heavy atom. The predicted octanol–water partition coefficient (Wildman–Crippen LogP) is 0.518. The van der Waals surface area contributed by atoms with Gasteiger partial charge < -0.3 is 31.3 Å². The van der Waals surface area contributed by atoms with E-state index in [1.807, 2.05) is 0 Å². The maximum atomic E-state index is 13.9. The van der Waals surface area contributed by atoms with Gasteiger partial charge in [-0.05, 0) is 61.7 Å². The zero-order valence-corrected chi connectivity index (χ0v) is 20.7. The molecule has 1 fully saturated rings. The minimum Gasteiger partial charge on any atom is -0.508 e. The number of pyridine rings is 1. The monoisotopic (exact) mass is 521 g/mol. The summed E-state index contributed by atoms with van der Waals surface area (Å²) in [5.74, 6) is -6.98. The molecule has 1 unspecified atom stereocenters. The Hall–Kier alpha value is -4.06. The standard InChI is InChI=1S/C27H27N3O8/c1-30(2)21-16-7-12-6-15-14(13-5-11(10-31)8-29-9-13)3-4-17(32)19(15)22(33)18(12)24(35)27(16,38)25(36)20(23(21)34)26(28)37/h3-5,8-9,12,16,21,31-33,36,38H,6-7,10H2,1-2H3,(H2,28,37)/t12-,16-,21?,27+/m0/s1. The molecule has 0 spiro atoms. The van der Waals surface area contributed by atoms with Crippen molar-refractivity contribution in [3.8, 4) is 16.9 Å². The van der Waals surface area contributed by atoms with Crippen LogP contribution >= 0.6 is 0 Å². The lowest BCUT2D eigenvalue weighted by Gasteiger charge is -2.50. The topological polar surface area (TPSA) is 195 Å². The van der Waals surface area contributed by atoms with Crippen molar-refractivity contribution in [1.29, 1.82) is 0 Å². The SMILES string of the molecule is CN(C)C1C(=O)C(C(N)=O)=C(O)[C@]2(O)C(=O)C3=C(O)c4c(O)ccc(-c5cncc(CO)c5)c4C[C@H]3C[C@@H]12. The van der Waals surface area contributed by atoms with Crippen molar-refractivity contribution < 1.29 is 39.9 Å². The van der Waals surface area contributed by atoms with Crippen LogP contribution in [0.15, 0.2) is 47.5 Å². The average Bonchev–Trinajstić information content (AvgIpc) is 2.86. The lowest BCUT2D eigenvalue weighted by atomic mass is 9.57. The number of carbonyl (C=O) groups is 3. The number of aromatic nitrogens is 1. The average molecular weight is 522 g/mol. The Kier molecular flexibility index (Phi) is 5.90. The van der Waals surface area contributed by atoms with Gasteiger partial charge in [0.1, 0.15) is 22.8 Å². The molecule has 0 saturated heterocycles. The Balaban J connectivity index is 1.73. The summed E-state index contributed by atoms with van der Waals surface area (Å²) in [6.07, 6.45) is 3.23. The molecular formula is C27H27N3O8. The number of phenolic OH excluding ortho intramolecular Hbond substituents is 1. The van der Waals surface area contributed by atoms with Gasteiger partial charge in [-0.3, -0.25) is 24.3 Å². The van der Waals surface area contributed by atoms with Crippen LogP contribution in [-0.2, 0) is 27.4 Å². The first kappa shape index (κ1) is 25.6.